The predicted octanol–water partition coefficient (Wildman–Crippen LogP) is 3.69. The van der Waals surface area contributed by atoms with Crippen molar-refractivity contribution in [2.24, 2.45) is 0 Å². The van der Waals surface area contributed by atoms with Crippen molar-refractivity contribution in [3.05, 3.63) is 10.8 Å². The van der Waals surface area contributed by atoms with Crippen molar-refractivity contribution in [3.8, 4) is 0 Å². The Morgan fingerprint density at radius 2 is 1.11 bits per heavy atom. The summed E-state index contributed by atoms with van der Waals surface area (Å²) in [4.78, 5) is 23.0. The van der Waals surface area contributed by atoms with E-state index in [0.29, 0.717) is 0 Å². The van der Waals surface area contributed by atoms with Gasteiger partial charge in [0.1, 0.15) is 8.07 Å². The molecule has 0 radical (unpaired) electrons. The lowest BCUT2D eigenvalue weighted by Crippen LogP contribution is -2.50. The number of carbonyl (C=O) groups is 2. The van der Waals surface area contributed by atoms with Crippen LogP contribution < -0.4 is 0 Å². The van der Waals surface area contributed by atoms with E-state index in [4.69, 9.17) is 0 Å². The molecule has 110 valence electrons. The summed E-state index contributed by atoms with van der Waals surface area (Å²) < 4.78 is 0. The third-order valence-electron chi connectivity index (χ3n) is 4.21. The van der Waals surface area contributed by atoms with Crippen LogP contribution in [0, 0.1) is 0 Å². The molecular formula is C14H26O4Si. The van der Waals surface area contributed by atoms with E-state index in [-0.39, 0.29) is 27.4 Å². The molecule has 0 aliphatic rings. The van der Waals surface area contributed by atoms with Gasteiger partial charge in [-0.3, -0.25) is 0 Å². The van der Waals surface area contributed by atoms with Gasteiger partial charge in [-0.15, -0.1) is 0 Å². The third-order valence-corrected chi connectivity index (χ3v) is 11.4. The number of carboxylic acid groups (broad SMARTS) is 2. The minimum atomic E-state index is -2.45. The summed E-state index contributed by atoms with van der Waals surface area (Å²) in [6.45, 7) is 13.5. The number of hydrogen-bond donors (Lipinski definition) is 2. The molecule has 0 atom stereocenters. The minimum Gasteiger partial charge on any atom is -0.478 e. The third kappa shape index (κ3) is 3.08. The average molecular weight is 286 g/mol. The molecule has 0 saturated carbocycles. The van der Waals surface area contributed by atoms with Gasteiger partial charge in [0, 0.05) is 10.8 Å². The lowest BCUT2D eigenvalue weighted by Gasteiger charge is -2.44. The average Bonchev–Trinajstić information content (AvgIpc) is 2.21. The lowest BCUT2D eigenvalue weighted by molar-refractivity contribution is -0.135. The van der Waals surface area contributed by atoms with Crippen LogP contribution in [-0.2, 0) is 9.59 Å². The van der Waals surface area contributed by atoms with Crippen LogP contribution in [0.4, 0.5) is 0 Å². The molecule has 0 heterocycles. The Kier molecular flexibility index (Phi) is 6.00. The Labute approximate surface area is 116 Å². The molecule has 0 aliphatic heterocycles. The second kappa shape index (κ2) is 6.37. The monoisotopic (exact) mass is 286 g/mol. The molecule has 0 aromatic carbocycles. The highest BCUT2D eigenvalue weighted by atomic mass is 28.3. The highest BCUT2D eigenvalue weighted by Crippen LogP contribution is 2.47. The first kappa shape index (κ1) is 17.9. The van der Waals surface area contributed by atoms with Crippen LogP contribution in [0.5, 0.6) is 0 Å². The second-order valence-corrected chi connectivity index (χ2v) is 11.8. The van der Waals surface area contributed by atoms with Crippen molar-refractivity contribution in [1.82, 2.24) is 0 Å². The van der Waals surface area contributed by atoms with Crippen molar-refractivity contribution >= 4 is 20.0 Å². The van der Waals surface area contributed by atoms with Crippen LogP contribution >= 0.6 is 0 Å². The Balaban J connectivity index is 6.47. The summed E-state index contributed by atoms with van der Waals surface area (Å²) in [6.07, 6.45) is 0. The molecule has 0 rings (SSSR count). The lowest BCUT2D eigenvalue weighted by atomic mass is 10.3. The van der Waals surface area contributed by atoms with Crippen LogP contribution in [0.3, 0.4) is 0 Å². The van der Waals surface area contributed by atoms with E-state index in [2.05, 4.69) is 0 Å². The SMILES string of the molecule is C/C(C(=O)O)=C(/C(=O)O)[Si](C(C)C)(C(C)C)C(C)C. The fourth-order valence-electron chi connectivity index (χ4n) is 3.64. The Hall–Kier alpha value is -1.10. The predicted molar refractivity (Wildman–Crippen MR) is 79.0 cm³/mol. The largest absolute Gasteiger partial charge is 0.478 e. The van der Waals surface area contributed by atoms with Crippen molar-refractivity contribution in [3.63, 3.8) is 0 Å². The summed E-state index contributed by atoms with van der Waals surface area (Å²) in [6, 6.07) is 0. The van der Waals surface area contributed by atoms with Gasteiger partial charge < -0.3 is 10.2 Å². The Morgan fingerprint density at radius 3 is 1.26 bits per heavy atom. The first-order chi connectivity index (χ1) is 8.51. The molecule has 0 spiro atoms. The highest BCUT2D eigenvalue weighted by Gasteiger charge is 2.50. The number of aliphatic carboxylic acids is 2. The maximum Gasteiger partial charge on any atom is 0.331 e. The molecule has 0 saturated heterocycles. The smallest absolute Gasteiger partial charge is 0.331 e. The summed E-state index contributed by atoms with van der Waals surface area (Å²) in [7, 11) is -2.45. The summed E-state index contributed by atoms with van der Waals surface area (Å²) >= 11 is 0. The maximum atomic E-state index is 11.7. The van der Waals surface area contributed by atoms with Gasteiger partial charge in [0.15, 0.2) is 0 Å². The van der Waals surface area contributed by atoms with E-state index in [0.717, 1.165) is 0 Å². The fourth-order valence-corrected chi connectivity index (χ4v) is 10.5. The van der Waals surface area contributed by atoms with Gasteiger partial charge >= 0.3 is 11.9 Å². The van der Waals surface area contributed by atoms with Crippen molar-refractivity contribution in [1.29, 1.82) is 0 Å². The van der Waals surface area contributed by atoms with Gasteiger partial charge in [-0.05, 0) is 23.5 Å². The van der Waals surface area contributed by atoms with Crippen molar-refractivity contribution in [2.75, 3.05) is 0 Å². The second-order valence-electron chi connectivity index (χ2n) is 6.01. The van der Waals surface area contributed by atoms with E-state index >= 15 is 0 Å². The molecular weight excluding hydrogens is 260 g/mol. The zero-order valence-corrected chi connectivity index (χ0v) is 13.9. The molecule has 0 amide bonds. The number of carboxylic acids is 2. The normalized spacial score (nSPS) is 14.0. The minimum absolute atomic E-state index is 0.00438. The maximum absolute atomic E-state index is 11.7. The molecule has 0 fully saturated rings. The summed E-state index contributed by atoms with van der Waals surface area (Å²) in [5.41, 5.74) is 0.518. The van der Waals surface area contributed by atoms with Crippen LogP contribution in [-0.4, -0.2) is 30.2 Å². The van der Waals surface area contributed by atoms with Gasteiger partial charge in [-0.2, -0.15) is 0 Å². The summed E-state index contributed by atoms with van der Waals surface area (Å²) in [5, 5.41) is 19.0. The molecule has 4 nitrogen and oxygen atoms in total. The topological polar surface area (TPSA) is 74.6 Å². The van der Waals surface area contributed by atoms with Crippen LogP contribution in [0.1, 0.15) is 48.5 Å². The van der Waals surface area contributed by atoms with Crippen LogP contribution in [0.15, 0.2) is 10.8 Å². The van der Waals surface area contributed by atoms with Gasteiger partial charge in [0.25, 0.3) is 0 Å². The number of hydrogen-bond acceptors (Lipinski definition) is 2. The molecule has 0 aromatic heterocycles. The first-order valence-electron chi connectivity index (χ1n) is 6.69. The zero-order valence-electron chi connectivity index (χ0n) is 12.9. The molecule has 19 heavy (non-hydrogen) atoms. The molecule has 0 unspecified atom stereocenters. The standard InChI is InChI=1S/C14H26O4Si/c1-8(2)19(9(3)4,10(5)6)12(14(17)18)11(7)13(15)16/h8-10H,1-7H3,(H,15,16)(H,17,18)/b12-11+. The van der Waals surface area contributed by atoms with Gasteiger partial charge in [0.05, 0.1) is 0 Å². The van der Waals surface area contributed by atoms with Crippen molar-refractivity contribution < 1.29 is 19.8 Å². The molecule has 0 aliphatic carbocycles. The molecule has 5 heteroatoms. The van der Waals surface area contributed by atoms with Gasteiger partial charge in [-0.25, -0.2) is 9.59 Å². The Morgan fingerprint density at radius 1 is 0.789 bits per heavy atom. The molecule has 0 aromatic rings. The fraction of sp³-hybridized carbons (Fsp3) is 0.714. The van der Waals surface area contributed by atoms with E-state index in [1.807, 2.05) is 41.5 Å². The molecule has 2 N–H and O–H groups in total. The first-order valence-corrected chi connectivity index (χ1v) is 8.92. The van der Waals surface area contributed by atoms with Crippen LogP contribution in [0.25, 0.3) is 0 Å². The van der Waals surface area contributed by atoms with Gasteiger partial charge in [-0.1, -0.05) is 41.5 Å². The van der Waals surface area contributed by atoms with E-state index in [1.54, 1.807) is 0 Å². The molecule has 0 bridgehead atoms. The van der Waals surface area contributed by atoms with Crippen LogP contribution in [0.2, 0.25) is 16.6 Å². The van der Waals surface area contributed by atoms with E-state index < -0.39 is 20.0 Å². The number of rotatable bonds is 6. The quantitative estimate of drug-likeness (QED) is 0.577. The highest BCUT2D eigenvalue weighted by molar-refractivity contribution is 6.93. The van der Waals surface area contributed by atoms with E-state index in [9.17, 15) is 19.8 Å². The van der Waals surface area contributed by atoms with Gasteiger partial charge in [0.2, 0.25) is 0 Å². The Bertz CT molecular complexity index is 372. The van der Waals surface area contributed by atoms with E-state index in [1.165, 1.54) is 6.92 Å². The zero-order chi connectivity index (χ0) is 15.5. The van der Waals surface area contributed by atoms with Crippen molar-refractivity contribution in [2.45, 2.75) is 65.1 Å². The summed E-state index contributed by atoms with van der Waals surface area (Å²) in [5.74, 6) is -2.20.